The van der Waals surface area contributed by atoms with Gasteiger partial charge in [0, 0.05) is 58.3 Å². The number of aryl methyl sites for hydroxylation is 1. The maximum absolute atomic E-state index is 14.3. The maximum Gasteiger partial charge on any atom is 0.318 e. The lowest BCUT2D eigenvalue weighted by molar-refractivity contribution is -0.135. The monoisotopic (exact) mass is 595 g/mol. The first kappa shape index (κ1) is 30.9. The molecule has 2 aromatic rings. The number of hydrogen-bond acceptors (Lipinski definition) is 4. The number of fused-ring (bicyclic) bond motifs is 1. The molecular formula is C33H43F2N5O3. The van der Waals surface area contributed by atoms with Gasteiger partial charge in [0.05, 0.1) is 0 Å². The van der Waals surface area contributed by atoms with Crippen LogP contribution in [0, 0.1) is 11.6 Å². The molecule has 3 aliphatic rings. The van der Waals surface area contributed by atoms with E-state index in [0.29, 0.717) is 64.1 Å². The Kier molecular flexibility index (Phi) is 9.64. The molecule has 10 heteroatoms. The topological polar surface area (TPSA) is 85.0 Å². The summed E-state index contributed by atoms with van der Waals surface area (Å²) in [6.45, 7) is 3.40. The minimum Gasteiger partial charge on any atom is -0.357 e. The molecule has 0 spiro atoms. The van der Waals surface area contributed by atoms with E-state index in [4.69, 9.17) is 0 Å². The zero-order chi connectivity index (χ0) is 30.6. The highest BCUT2D eigenvalue weighted by atomic mass is 19.2. The number of rotatable bonds is 9. The van der Waals surface area contributed by atoms with Gasteiger partial charge in [0.15, 0.2) is 11.6 Å². The molecule has 0 aromatic heterocycles. The first-order valence-electron chi connectivity index (χ1n) is 15.5. The van der Waals surface area contributed by atoms with Crippen molar-refractivity contribution in [3.63, 3.8) is 0 Å². The second-order valence-electron chi connectivity index (χ2n) is 12.2. The molecule has 5 rings (SSSR count). The molecule has 2 aliphatic heterocycles. The van der Waals surface area contributed by atoms with Gasteiger partial charge in [0.2, 0.25) is 5.91 Å². The number of likely N-dealkylation sites (tertiary alicyclic amines) is 1. The summed E-state index contributed by atoms with van der Waals surface area (Å²) in [5.74, 6) is -2.22. The fourth-order valence-corrected chi connectivity index (χ4v) is 7.11. The van der Waals surface area contributed by atoms with Gasteiger partial charge in [-0.3, -0.25) is 9.59 Å². The molecule has 4 amide bonds. The van der Waals surface area contributed by atoms with Gasteiger partial charge in [-0.2, -0.15) is 0 Å². The van der Waals surface area contributed by atoms with Gasteiger partial charge in [-0.1, -0.05) is 18.2 Å². The number of benzene rings is 2. The largest absolute Gasteiger partial charge is 0.357 e. The third-order valence-electron chi connectivity index (χ3n) is 9.61. The number of nitrogens with zero attached hydrogens (tertiary/aromatic N) is 3. The van der Waals surface area contributed by atoms with Crippen LogP contribution in [-0.4, -0.2) is 91.4 Å². The molecule has 8 nitrogen and oxygen atoms in total. The Labute approximate surface area is 252 Å². The van der Waals surface area contributed by atoms with E-state index in [-0.39, 0.29) is 23.8 Å². The Hall–Kier alpha value is -3.53. The molecule has 2 heterocycles. The summed E-state index contributed by atoms with van der Waals surface area (Å²) in [5, 5.41) is 5.64. The Bertz CT molecular complexity index is 1340. The van der Waals surface area contributed by atoms with Gasteiger partial charge in [-0.25, -0.2) is 13.6 Å². The van der Waals surface area contributed by atoms with E-state index in [0.717, 1.165) is 49.3 Å². The van der Waals surface area contributed by atoms with E-state index in [2.05, 4.69) is 21.6 Å². The summed E-state index contributed by atoms with van der Waals surface area (Å²) in [5.41, 5.74) is 2.85. The zero-order valence-electron chi connectivity index (χ0n) is 25.3. The Morgan fingerprint density at radius 2 is 1.81 bits per heavy atom. The quantitative estimate of drug-likeness (QED) is 0.458. The van der Waals surface area contributed by atoms with E-state index >= 15 is 0 Å². The van der Waals surface area contributed by atoms with Crippen molar-refractivity contribution in [1.82, 2.24) is 25.3 Å². The summed E-state index contributed by atoms with van der Waals surface area (Å²) in [6, 6.07) is 9.73. The van der Waals surface area contributed by atoms with Crippen LogP contribution in [-0.2, 0) is 17.6 Å². The highest BCUT2D eigenvalue weighted by Gasteiger charge is 2.48. The maximum atomic E-state index is 14.3. The number of amides is 4. The van der Waals surface area contributed by atoms with E-state index in [1.54, 1.807) is 30.0 Å². The molecule has 43 heavy (non-hydrogen) atoms. The average molecular weight is 596 g/mol. The second-order valence-corrected chi connectivity index (χ2v) is 12.2. The standard InChI is InChI=1S/C33H43F2N5O3/c1-36-31(42)33(40-17-6-16-37-32(40)43)14-19-39(20-15-33)18-13-25(24-11-12-28(34)29(35)21-24)22-38(2)30(41)27-10-5-8-23-7-3-4-9-26(23)27/h5,8,10-12,21,25H,3-4,6-7,9,13-20,22H2,1-2H3,(H,36,42)(H,37,43). The minimum atomic E-state index is -0.901. The Morgan fingerprint density at radius 1 is 1.05 bits per heavy atom. The summed E-state index contributed by atoms with van der Waals surface area (Å²) < 4.78 is 28.2. The third kappa shape index (κ3) is 6.54. The fourth-order valence-electron chi connectivity index (χ4n) is 7.11. The van der Waals surface area contributed by atoms with Crippen molar-refractivity contribution in [1.29, 1.82) is 0 Å². The normalized spacial score (nSPS) is 19.3. The van der Waals surface area contributed by atoms with Crippen molar-refractivity contribution in [3.05, 3.63) is 70.3 Å². The molecule has 2 N–H and O–H groups in total. The molecule has 1 unspecified atom stereocenters. The first-order chi connectivity index (χ1) is 20.7. The number of piperidine rings is 1. The third-order valence-corrected chi connectivity index (χ3v) is 9.61. The number of halogens is 2. The Morgan fingerprint density at radius 3 is 2.53 bits per heavy atom. The summed E-state index contributed by atoms with van der Waals surface area (Å²) in [6.07, 6.45) is 6.50. The van der Waals surface area contributed by atoms with Crippen LogP contribution in [0.2, 0.25) is 0 Å². The van der Waals surface area contributed by atoms with Gasteiger partial charge in [-0.15, -0.1) is 0 Å². The SMILES string of the molecule is CNC(=O)C1(N2CCCNC2=O)CCN(CCC(CN(C)C(=O)c2cccc3c2CCCC3)c2ccc(F)c(F)c2)CC1. The van der Waals surface area contributed by atoms with Crippen molar-refractivity contribution < 1.29 is 23.2 Å². The lowest BCUT2D eigenvalue weighted by Gasteiger charge is -2.48. The molecule has 0 bridgehead atoms. The van der Waals surface area contributed by atoms with Crippen LogP contribution in [0.1, 0.15) is 71.5 Å². The van der Waals surface area contributed by atoms with Crippen LogP contribution in [0.4, 0.5) is 13.6 Å². The number of likely N-dealkylation sites (N-methyl/N-ethyl adjacent to an activating group) is 2. The Balaban J connectivity index is 1.29. The molecule has 2 saturated heterocycles. The van der Waals surface area contributed by atoms with Crippen LogP contribution < -0.4 is 10.6 Å². The summed E-state index contributed by atoms with van der Waals surface area (Å²) >= 11 is 0. The molecule has 2 fully saturated rings. The lowest BCUT2D eigenvalue weighted by atomic mass is 9.83. The highest BCUT2D eigenvalue weighted by Crippen LogP contribution is 2.32. The van der Waals surface area contributed by atoms with Gasteiger partial charge < -0.3 is 25.3 Å². The van der Waals surface area contributed by atoms with Crippen LogP contribution in [0.5, 0.6) is 0 Å². The van der Waals surface area contributed by atoms with E-state index in [9.17, 15) is 23.2 Å². The van der Waals surface area contributed by atoms with Crippen LogP contribution in [0.25, 0.3) is 0 Å². The predicted octanol–water partition coefficient (Wildman–Crippen LogP) is 4.09. The van der Waals surface area contributed by atoms with Gasteiger partial charge in [0.25, 0.3) is 5.91 Å². The van der Waals surface area contributed by atoms with E-state index in [1.165, 1.54) is 11.6 Å². The lowest BCUT2D eigenvalue weighted by Crippen LogP contribution is -2.67. The van der Waals surface area contributed by atoms with Crippen molar-refractivity contribution in [2.45, 2.75) is 62.8 Å². The van der Waals surface area contributed by atoms with Gasteiger partial charge >= 0.3 is 6.03 Å². The number of carbonyl (C=O) groups excluding carboxylic acids is 3. The molecule has 0 radical (unpaired) electrons. The highest BCUT2D eigenvalue weighted by molar-refractivity contribution is 5.96. The van der Waals surface area contributed by atoms with Crippen LogP contribution in [0.15, 0.2) is 36.4 Å². The zero-order valence-corrected chi connectivity index (χ0v) is 25.3. The number of carbonyl (C=O) groups is 3. The number of nitrogens with one attached hydrogen (secondary N) is 2. The molecular weight excluding hydrogens is 552 g/mol. The second kappa shape index (κ2) is 13.4. The number of urea groups is 1. The summed E-state index contributed by atoms with van der Waals surface area (Å²) in [7, 11) is 3.38. The van der Waals surface area contributed by atoms with Crippen LogP contribution in [0.3, 0.4) is 0 Å². The summed E-state index contributed by atoms with van der Waals surface area (Å²) in [4.78, 5) is 45.1. The molecule has 1 atom stereocenters. The van der Waals surface area contributed by atoms with Crippen molar-refractivity contribution >= 4 is 17.8 Å². The number of hydrogen-bond donors (Lipinski definition) is 2. The molecule has 0 saturated carbocycles. The molecule has 232 valence electrons. The first-order valence-corrected chi connectivity index (χ1v) is 15.5. The molecule has 2 aromatic carbocycles. The van der Waals surface area contributed by atoms with Gasteiger partial charge in [-0.05, 0) is 92.8 Å². The average Bonchev–Trinajstić information content (AvgIpc) is 3.03. The van der Waals surface area contributed by atoms with Crippen molar-refractivity contribution in [3.8, 4) is 0 Å². The van der Waals surface area contributed by atoms with Crippen molar-refractivity contribution in [2.24, 2.45) is 0 Å². The van der Waals surface area contributed by atoms with Crippen LogP contribution >= 0.6 is 0 Å². The predicted molar refractivity (Wildman–Crippen MR) is 161 cm³/mol. The van der Waals surface area contributed by atoms with Crippen molar-refractivity contribution in [2.75, 3.05) is 53.4 Å². The van der Waals surface area contributed by atoms with E-state index < -0.39 is 17.2 Å². The fraction of sp³-hybridized carbons (Fsp3) is 0.545. The molecule has 1 aliphatic carbocycles. The minimum absolute atomic E-state index is 0.0560. The van der Waals surface area contributed by atoms with Gasteiger partial charge in [0.1, 0.15) is 5.54 Å². The van der Waals surface area contributed by atoms with E-state index in [1.807, 2.05) is 12.1 Å². The smallest absolute Gasteiger partial charge is 0.318 e.